The van der Waals surface area contributed by atoms with Crippen molar-refractivity contribution >= 4 is 0 Å². The van der Waals surface area contributed by atoms with Gasteiger partial charge in [0.05, 0.1) is 0 Å². The van der Waals surface area contributed by atoms with Gasteiger partial charge in [0.25, 0.3) is 0 Å². The van der Waals surface area contributed by atoms with E-state index in [1.807, 2.05) is 0 Å². The first-order valence-corrected chi connectivity index (χ1v) is 6.79. The summed E-state index contributed by atoms with van der Waals surface area (Å²) in [7, 11) is 0. The molecule has 0 aromatic carbocycles. The van der Waals surface area contributed by atoms with E-state index < -0.39 is 0 Å². The van der Waals surface area contributed by atoms with Crippen LogP contribution in [0.3, 0.4) is 0 Å². The lowest BCUT2D eigenvalue weighted by Crippen LogP contribution is -2.27. The molecule has 0 saturated heterocycles. The number of unbranched alkanes of at least 4 members (excludes halogenated alkanes) is 4. The molecule has 0 fully saturated rings. The number of nitrogens with zero attached hydrogens (tertiary/aromatic N) is 1. The standard InChI is InChI=1S/C13H29NO2/c1-2-3-4-9-14(10-5-7-12-15)11-6-8-13-16/h15-16H,2-13H2,1H3. The van der Waals surface area contributed by atoms with Gasteiger partial charge in [-0.25, -0.2) is 0 Å². The molecule has 0 aliphatic heterocycles. The van der Waals surface area contributed by atoms with Crippen LogP contribution in [0.4, 0.5) is 0 Å². The van der Waals surface area contributed by atoms with Gasteiger partial charge in [-0.15, -0.1) is 0 Å². The summed E-state index contributed by atoms with van der Waals surface area (Å²) in [6.45, 7) is 6.19. The molecule has 0 aliphatic rings. The van der Waals surface area contributed by atoms with E-state index in [4.69, 9.17) is 10.2 Å². The Balaban J connectivity index is 3.58. The Hall–Kier alpha value is -0.120. The molecule has 0 aromatic heterocycles. The highest BCUT2D eigenvalue weighted by atomic mass is 16.3. The maximum atomic E-state index is 8.76. The quantitative estimate of drug-likeness (QED) is 0.505. The molecule has 0 rings (SSSR count). The predicted molar refractivity (Wildman–Crippen MR) is 68.6 cm³/mol. The summed E-state index contributed by atoms with van der Waals surface area (Å²) in [5, 5.41) is 17.5. The lowest BCUT2D eigenvalue weighted by atomic mass is 10.2. The van der Waals surface area contributed by atoms with E-state index in [1.165, 1.54) is 25.8 Å². The maximum absolute atomic E-state index is 8.76. The second-order valence-corrected chi connectivity index (χ2v) is 4.41. The number of hydrogen-bond donors (Lipinski definition) is 2. The van der Waals surface area contributed by atoms with E-state index in [0.29, 0.717) is 13.2 Å². The average Bonchev–Trinajstić information content (AvgIpc) is 2.29. The van der Waals surface area contributed by atoms with E-state index in [1.54, 1.807) is 0 Å². The van der Waals surface area contributed by atoms with Crippen molar-refractivity contribution in [2.24, 2.45) is 0 Å². The Labute approximate surface area is 100 Å². The van der Waals surface area contributed by atoms with Crippen LogP contribution in [-0.4, -0.2) is 48.0 Å². The van der Waals surface area contributed by atoms with Crippen molar-refractivity contribution in [3.8, 4) is 0 Å². The van der Waals surface area contributed by atoms with Crippen LogP contribution < -0.4 is 0 Å². The van der Waals surface area contributed by atoms with Gasteiger partial charge in [-0.2, -0.15) is 0 Å². The zero-order valence-electron chi connectivity index (χ0n) is 10.8. The SMILES string of the molecule is CCCCCN(CCCCO)CCCCO. The van der Waals surface area contributed by atoms with Crippen molar-refractivity contribution in [2.75, 3.05) is 32.8 Å². The Morgan fingerprint density at radius 2 is 1.12 bits per heavy atom. The number of rotatable bonds is 12. The van der Waals surface area contributed by atoms with Gasteiger partial charge >= 0.3 is 0 Å². The van der Waals surface area contributed by atoms with Gasteiger partial charge in [0.15, 0.2) is 0 Å². The van der Waals surface area contributed by atoms with Crippen molar-refractivity contribution in [1.29, 1.82) is 0 Å². The minimum absolute atomic E-state index is 0.305. The average molecular weight is 231 g/mol. The Kier molecular flexibility index (Phi) is 12.9. The van der Waals surface area contributed by atoms with Crippen molar-refractivity contribution in [2.45, 2.75) is 51.9 Å². The van der Waals surface area contributed by atoms with Crippen LogP contribution >= 0.6 is 0 Å². The normalized spacial score (nSPS) is 11.2. The van der Waals surface area contributed by atoms with Crippen molar-refractivity contribution in [1.82, 2.24) is 4.90 Å². The Bertz CT molecular complexity index is 107. The van der Waals surface area contributed by atoms with Crippen molar-refractivity contribution in [3.63, 3.8) is 0 Å². The third-order valence-corrected chi connectivity index (χ3v) is 2.84. The van der Waals surface area contributed by atoms with Crippen LogP contribution in [0.2, 0.25) is 0 Å². The Morgan fingerprint density at radius 1 is 0.688 bits per heavy atom. The first-order valence-electron chi connectivity index (χ1n) is 6.79. The van der Waals surface area contributed by atoms with Crippen LogP contribution in [0.1, 0.15) is 51.9 Å². The monoisotopic (exact) mass is 231 g/mol. The summed E-state index contributed by atoms with van der Waals surface area (Å²) in [5.74, 6) is 0. The van der Waals surface area contributed by atoms with Gasteiger partial charge in [0.1, 0.15) is 0 Å². The molecule has 2 N–H and O–H groups in total. The van der Waals surface area contributed by atoms with Gasteiger partial charge in [-0.05, 0) is 51.7 Å². The molecule has 0 amide bonds. The van der Waals surface area contributed by atoms with Crippen molar-refractivity contribution in [3.05, 3.63) is 0 Å². The fourth-order valence-electron chi connectivity index (χ4n) is 1.82. The summed E-state index contributed by atoms with van der Waals surface area (Å²) in [6.07, 6.45) is 7.82. The number of hydrogen-bond acceptors (Lipinski definition) is 3. The molecule has 0 heterocycles. The van der Waals surface area contributed by atoms with E-state index >= 15 is 0 Å². The molecule has 0 aliphatic carbocycles. The number of aliphatic hydroxyl groups excluding tert-OH is 2. The van der Waals surface area contributed by atoms with Gasteiger partial charge in [0, 0.05) is 13.2 Å². The molecule has 0 spiro atoms. The predicted octanol–water partition coefficient (Wildman–Crippen LogP) is 2.02. The van der Waals surface area contributed by atoms with E-state index in [2.05, 4.69) is 11.8 Å². The molecule has 3 heteroatoms. The molecule has 16 heavy (non-hydrogen) atoms. The van der Waals surface area contributed by atoms with E-state index in [9.17, 15) is 0 Å². The summed E-state index contributed by atoms with van der Waals surface area (Å²) < 4.78 is 0. The van der Waals surface area contributed by atoms with Crippen LogP contribution in [-0.2, 0) is 0 Å². The first kappa shape index (κ1) is 15.9. The van der Waals surface area contributed by atoms with Crippen LogP contribution in [0.25, 0.3) is 0 Å². The fourth-order valence-corrected chi connectivity index (χ4v) is 1.82. The zero-order valence-corrected chi connectivity index (χ0v) is 10.8. The summed E-state index contributed by atoms with van der Waals surface area (Å²) in [6, 6.07) is 0. The summed E-state index contributed by atoms with van der Waals surface area (Å²) in [4.78, 5) is 2.47. The molecule has 3 nitrogen and oxygen atoms in total. The fraction of sp³-hybridized carbons (Fsp3) is 1.00. The topological polar surface area (TPSA) is 43.7 Å². The molecule has 0 atom stereocenters. The second kappa shape index (κ2) is 12.9. The second-order valence-electron chi connectivity index (χ2n) is 4.41. The molecule has 0 radical (unpaired) electrons. The van der Waals surface area contributed by atoms with E-state index in [-0.39, 0.29) is 0 Å². The molecule has 0 unspecified atom stereocenters. The molecule has 0 saturated carbocycles. The lowest BCUT2D eigenvalue weighted by Gasteiger charge is -2.21. The van der Waals surface area contributed by atoms with E-state index in [0.717, 1.165) is 38.8 Å². The van der Waals surface area contributed by atoms with Crippen molar-refractivity contribution < 1.29 is 10.2 Å². The zero-order chi connectivity index (χ0) is 12.1. The molecule has 0 aromatic rings. The molecular formula is C13H29NO2. The Morgan fingerprint density at radius 3 is 1.50 bits per heavy atom. The minimum Gasteiger partial charge on any atom is -0.396 e. The van der Waals surface area contributed by atoms with Crippen LogP contribution in [0, 0.1) is 0 Å². The van der Waals surface area contributed by atoms with Gasteiger partial charge < -0.3 is 15.1 Å². The maximum Gasteiger partial charge on any atom is 0.0431 e. The smallest absolute Gasteiger partial charge is 0.0431 e. The number of aliphatic hydroxyl groups is 2. The van der Waals surface area contributed by atoms with Crippen LogP contribution in [0.5, 0.6) is 0 Å². The highest BCUT2D eigenvalue weighted by molar-refractivity contribution is 4.58. The van der Waals surface area contributed by atoms with Gasteiger partial charge in [0.2, 0.25) is 0 Å². The highest BCUT2D eigenvalue weighted by Crippen LogP contribution is 2.03. The van der Waals surface area contributed by atoms with Gasteiger partial charge in [-0.3, -0.25) is 0 Å². The third-order valence-electron chi connectivity index (χ3n) is 2.84. The largest absolute Gasteiger partial charge is 0.396 e. The summed E-state index contributed by atoms with van der Waals surface area (Å²) >= 11 is 0. The first-order chi connectivity index (χ1) is 7.85. The molecule has 0 bridgehead atoms. The highest BCUT2D eigenvalue weighted by Gasteiger charge is 2.03. The summed E-state index contributed by atoms with van der Waals surface area (Å²) in [5.41, 5.74) is 0. The molecular weight excluding hydrogens is 202 g/mol. The third kappa shape index (κ3) is 10.4. The van der Waals surface area contributed by atoms with Gasteiger partial charge in [-0.1, -0.05) is 19.8 Å². The molecule has 98 valence electrons. The lowest BCUT2D eigenvalue weighted by molar-refractivity contribution is 0.223. The minimum atomic E-state index is 0.305. The van der Waals surface area contributed by atoms with Crippen LogP contribution in [0.15, 0.2) is 0 Å².